The zero-order valence-electron chi connectivity index (χ0n) is 10.2. The van der Waals surface area contributed by atoms with Gasteiger partial charge in [0.25, 0.3) is 0 Å². The van der Waals surface area contributed by atoms with E-state index >= 15 is 0 Å². The number of carbonyl (C=O) groups excluding carboxylic acids is 1. The second-order valence-electron chi connectivity index (χ2n) is 4.72. The highest BCUT2D eigenvalue weighted by molar-refractivity contribution is 5.78. The third kappa shape index (κ3) is 4.19. The Labute approximate surface area is 97.6 Å². The van der Waals surface area contributed by atoms with Crippen molar-refractivity contribution in [1.82, 2.24) is 10.2 Å². The van der Waals surface area contributed by atoms with Crippen LogP contribution in [0.15, 0.2) is 0 Å². The molecule has 0 saturated heterocycles. The van der Waals surface area contributed by atoms with Gasteiger partial charge in [-0.15, -0.1) is 0 Å². The topological polar surface area (TPSA) is 56.1 Å². The van der Waals surface area contributed by atoms with Crippen molar-refractivity contribution in [2.45, 2.75) is 51.6 Å². The van der Waals surface area contributed by atoms with Gasteiger partial charge in [-0.05, 0) is 26.7 Å². The Morgan fingerprint density at radius 3 is 2.62 bits per heavy atom. The summed E-state index contributed by atoms with van der Waals surface area (Å²) in [5.41, 5.74) is 0. The second kappa shape index (κ2) is 6.49. The molecule has 0 spiro atoms. The molecule has 1 aliphatic carbocycles. The smallest absolute Gasteiger partial charge is 0.234 e. The van der Waals surface area contributed by atoms with E-state index in [1.807, 2.05) is 18.7 Å². The fraction of sp³-hybridized carbons (Fsp3) is 0.833. The standard InChI is InChI=1S/C12H21N3O/c1-10(2)14-12(16)9-15(8-7-13)11-5-3-4-6-11/h10-11H,3-6,8-9H2,1-2H3,(H,14,16). The van der Waals surface area contributed by atoms with Gasteiger partial charge in [0.05, 0.1) is 19.2 Å². The van der Waals surface area contributed by atoms with Gasteiger partial charge in [-0.25, -0.2) is 0 Å². The zero-order valence-corrected chi connectivity index (χ0v) is 10.2. The maximum absolute atomic E-state index is 11.6. The number of amides is 1. The molecule has 1 rings (SSSR count). The van der Waals surface area contributed by atoms with Crippen molar-refractivity contribution in [3.8, 4) is 6.07 Å². The summed E-state index contributed by atoms with van der Waals surface area (Å²) in [6.45, 7) is 4.61. The molecule has 0 aliphatic heterocycles. The van der Waals surface area contributed by atoms with E-state index in [2.05, 4.69) is 11.4 Å². The van der Waals surface area contributed by atoms with Crippen LogP contribution in [0.2, 0.25) is 0 Å². The Morgan fingerprint density at radius 1 is 1.50 bits per heavy atom. The van der Waals surface area contributed by atoms with Gasteiger partial charge in [0.1, 0.15) is 0 Å². The molecule has 1 amide bonds. The molecule has 1 saturated carbocycles. The molecule has 0 aromatic carbocycles. The van der Waals surface area contributed by atoms with Crippen molar-refractivity contribution in [2.24, 2.45) is 0 Å². The molecule has 0 heterocycles. The first-order valence-corrected chi connectivity index (χ1v) is 6.04. The minimum absolute atomic E-state index is 0.0251. The molecule has 0 unspecified atom stereocenters. The molecule has 0 aromatic heterocycles. The maximum Gasteiger partial charge on any atom is 0.234 e. The van der Waals surface area contributed by atoms with Crippen molar-refractivity contribution in [3.05, 3.63) is 0 Å². The quantitative estimate of drug-likeness (QED) is 0.714. The van der Waals surface area contributed by atoms with Gasteiger partial charge in [0.2, 0.25) is 5.91 Å². The largest absolute Gasteiger partial charge is 0.353 e. The molecule has 0 bridgehead atoms. The zero-order chi connectivity index (χ0) is 12.0. The van der Waals surface area contributed by atoms with Crippen molar-refractivity contribution in [2.75, 3.05) is 13.1 Å². The third-order valence-electron chi connectivity index (χ3n) is 2.91. The number of carbonyl (C=O) groups is 1. The van der Waals surface area contributed by atoms with Crippen LogP contribution in [0, 0.1) is 11.3 Å². The molecule has 1 aliphatic rings. The predicted octanol–water partition coefficient (Wildman–Crippen LogP) is 1.28. The van der Waals surface area contributed by atoms with Crippen molar-refractivity contribution >= 4 is 5.91 Å². The van der Waals surface area contributed by atoms with E-state index in [1.165, 1.54) is 12.8 Å². The molecule has 1 N–H and O–H groups in total. The minimum Gasteiger partial charge on any atom is -0.353 e. The number of nitrogens with zero attached hydrogens (tertiary/aromatic N) is 2. The number of hydrogen-bond acceptors (Lipinski definition) is 3. The average molecular weight is 223 g/mol. The summed E-state index contributed by atoms with van der Waals surface area (Å²) in [6, 6.07) is 2.74. The van der Waals surface area contributed by atoms with Crippen molar-refractivity contribution in [3.63, 3.8) is 0 Å². The first kappa shape index (κ1) is 13.0. The van der Waals surface area contributed by atoms with Gasteiger partial charge in [-0.3, -0.25) is 9.69 Å². The number of nitrogens with one attached hydrogen (secondary N) is 1. The van der Waals surface area contributed by atoms with Gasteiger partial charge in [0.15, 0.2) is 0 Å². The molecule has 90 valence electrons. The lowest BCUT2D eigenvalue weighted by molar-refractivity contribution is -0.123. The Balaban J connectivity index is 2.44. The maximum atomic E-state index is 11.6. The van der Waals surface area contributed by atoms with Crippen LogP contribution in [0.5, 0.6) is 0 Å². The Bertz CT molecular complexity index is 264. The SMILES string of the molecule is CC(C)NC(=O)CN(CC#N)C1CCCC1. The molecular formula is C12H21N3O. The third-order valence-corrected chi connectivity index (χ3v) is 2.91. The second-order valence-corrected chi connectivity index (χ2v) is 4.72. The Kier molecular flexibility index (Phi) is 5.27. The number of rotatable bonds is 5. The van der Waals surface area contributed by atoms with Crippen LogP contribution in [0.25, 0.3) is 0 Å². The summed E-state index contributed by atoms with van der Waals surface area (Å²) in [5, 5.41) is 11.6. The molecule has 0 aromatic rings. The molecular weight excluding hydrogens is 202 g/mol. The van der Waals surface area contributed by atoms with Crippen LogP contribution in [0.3, 0.4) is 0 Å². The van der Waals surface area contributed by atoms with Crippen molar-refractivity contribution in [1.29, 1.82) is 5.26 Å². The van der Waals surface area contributed by atoms with Crippen LogP contribution in [-0.4, -0.2) is 36.0 Å². The summed E-state index contributed by atoms with van der Waals surface area (Å²) in [7, 11) is 0. The van der Waals surface area contributed by atoms with E-state index in [4.69, 9.17) is 5.26 Å². The highest BCUT2D eigenvalue weighted by atomic mass is 16.2. The summed E-state index contributed by atoms with van der Waals surface area (Å²) >= 11 is 0. The van der Waals surface area contributed by atoms with Gasteiger partial charge < -0.3 is 5.32 Å². The normalized spacial score (nSPS) is 16.7. The van der Waals surface area contributed by atoms with Crippen molar-refractivity contribution < 1.29 is 4.79 Å². The predicted molar refractivity (Wildman–Crippen MR) is 62.7 cm³/mol. The van der Waals surface area contributed by atoms with Crippen LogP contribution in [-0.2, 0) is 4.79 Å². The molecule has 1 fully saturated rings. The Hall–Kier alpha value is -1.08. The highest BCUT2D eigenvalue weighted by Crippen LogP contribution is 2.22. The fourth-order valence-corrected chi connectivity index (χ4v) is 2.23. The average Bonchev–Trinajstić information content (AvgIpc) is 2.68. The molecule has 4 heteroatoms. The van der Waals surface area contributed by atoms with E-state index in [9.17, 15) is 4.79 Å². The summed E-state index contributed by atoms with van der Waals surface area (Å²) in [4.78, 5) is 13.6. The van der Waals surface area contributed by atoms with Gasteiger partial charge in [0, 0.05) is 12.1 Å². The lowest BCUT2D eigenvalue weighted by atomic mass is 10.2. The van der Waals surface area contributed by atoms with E-state index < -0.39 is 0 Å². The van der Waals surface area contributed by atoms with Gasteiger partial charge >= 0.3 is 0 Å². The molecule has 0 atom stereocenters. The van der Waals surface area contributed by atoms with Gasteiger partial charge in [-0.2, -0.15) is 5.26 Å². The van der Waals surface area contributed by atoms with E-state index in [0.717, 1.165) is 12.8 Å². The van der Waals surface area contributed by atoms with Crippen LogP contribution >= 0.6 is 0 Å². The van der Waals surface area contributed by atoms with Gasteiger partial charge in [-0.1, -0.05) is 12.8 Å². The molecule has 0 radical (unpaired) electrons. The van der Waals surface area contributed by atoms with E-state index in [1.54, 1.807) is 0 Å². The van der Waals surface area contributed by atoms with Crippen LogP contribution < -0.4 is 5.32 Å². The van der Waals surface area contributed by atoms with E-state index in [0.29, 0.717) is 19.1 Å². The number of hydrogen-bond donors (Lipinski definition) is 1. The van der Waals surface area contributed by atoms with Crippen LogP contribution in [0.4, 0.5) is 0 Å². The highest BCUT2D eigenvalue weighted by Gasteiger charge is 2.24. The lowest BCUT2D eigenvalue weighted by Gasteiger charge is -2.25. The summed E-state index contributed by atoms with van der Waals surface area (Å²) < 4.78 is 0. The number of nitriles is 1. The Morgan fingerprint density at radius 2 is 2.12 bits per heavy atom. The minimum atomic E-state index is 0.0251. The summed E-state index contributed by atoms with van der Waals surface area (Å²) in [6.07, 6.45) is 4.68. The van der Waals surface area contributed by atoms with Crippen LogP contribution in [0.1, 0.15) is 39.5 Å². The van der Waals surface area contributed by atoms with E-state index in [-0.39, 0.29) is 11.9 Å². The summed E-state index contributed by atoms with van der Waals surface area (Å²) in [5.74, 6) is 0.0251. The first-order chi connectivity index (χ1) is 7.63. The monoisotopic (exact) mass is 223 g/mol. The fourth-order valence-electron chi connectivity index (χ4n) is 2.23. The lowest BCUT2D eigenvalue weighted by Crippen LogP contribution is -2.43. The first-order valence-electron chi connectivity index (χ1n) is 6.04. The molecule has 4 nitrogen and oxygen atoms in total. The molecule has 16 heavy (non-hydrogen) atoms.